The zero-order valence-corrected chi connectivity index (χ0v) is 13.8. The van der Waals surface area contributed by atoms with Gasteiger partial charge in [0.1, 0.15) is 22.4 Å². The molecule has 0 aliphatic carbocycles. The third-order valence-electron chi connectivity index (χ3n) is 4.42. The highest BCUT2D eigenvalue weighted by Crippen LogP contribution is 2.42. The van der Waals surface area contributed by atoms with E-state index in [2.05, 4.69) is 0 Å². The first-order valence-corrected chi connectivity index (χ1v) is 8.55. The number of carboxylic acid groups (broad SMARTS) is 1. The zero-order valence-electron chi connectivity index (χ0n) is 13.0. The first-order valence-electron chi connectivity index (χ1n) is 7.73. The topological polar surface area (TPSA) is 110 Å². The van der Waals surface area contributed by atoms with Crippen molar-refractivity contribution in [2.45, 2.75) is 18.9 Å². The number of hydrogen-bond donors (Lipinski definition) is 2. The molecule has 0 spiro atoms. The summed E-state index contributed by atoms with van der Waals surface area (Å²) in [4.78, 5) is 38.2. The van der Waals surface area contributed by atoms with Crippen LogP contribution in [-0.4, -0.2) is 40.4 Å². The Morgan fingerprint density at radius 3 is 2.52 bits per heavy atom. The number of amides is 2. The van der Waals surface area contributed by atoms with Gasteiger partial charge in [0.25, 0.3) is 11.8 Å². The summed E-state index contributed by atoms with van der Waals surface area (Å²) in [5.41, 5.74) is 6.51. The van der Waals surface area contributed by atoms with Crippen LogP contribution in [0.1, 0.15) is 42.4 Å². The normalized spacial score (nSPS) is 18.7. The van der Waals surface area contributed by atoms with E-state index in [0.29, 0.717) is 24.0 Å². The van der Waals surface area contributed by atoms with Crippen molar-refractivity contribution in [1.29, 1.82) is 0 Å². The van der Waals surface area contributed by atoms with Crippen molar-refractivity contribution in [3.8, 4) is 5.75 Å². The quantitative estimate of drug-likeness (QED) is 0.812. The van der Waals surface area contributed by atoms with Crippen LogP contribution in [0.2, 0.25) is 0 Å². The summed E-state index contributed by atoms with van der Waals surface area (Å²) in [5.74, 6) is -1.57. The van der Waals surface area contributed by atoms with E-state index in [1.165, 1.54) is 11.3 Å². The Hall–Kier alpha value is -2.87. The van der Waals surface area contributed by atoms with Crippen molar-refractivity contribution in [3.63, 3.8) is 0 Å². The number of thiophene rings is 1. The molecule has 4 rings (SSSR count). The van der Waals surface area contributed by atoms with Gasteiger partial charge in [-0.2, -0.15) is 0 Å². The van der Waals surface area contributed by atoms with Crippen molar-refractivity contribution < 1.29 is 24.2 Å². The van der Waals surface area contributed by atoms with E-state index in [9.17, 15) is 19.5 Å². The summed E-state index contributed by atoms with van der Waals surface area (Å²) in [5, 5.41) is 9.52. The molecule has 1 unspecified atom stereocenters. The molecule has 2 amide bonds. The van der Waals surface area contributed by atoms with Crippen LogP contribution < -0.4 is 10.5 Å². The van der Waals surface area contributed by atoms with Crippen LogP contribution in [0, 0.1) is 0 Å². The van der Waals surface area contributed by atoms with Gasteiger partial charge in [0.15, 0.2) is 0 Å². The number of aromatic carboxylic acids is 1. The lowest BCUT2D eigenvalue weighted by Gasteiger charge is -2.27. The van der Waals surface area contributed by atoms with Crippen LogP contribution in [0.3, 0.4) is 0 Å². The molecular weight excluding hydrogens is 344 g/mol. The lowest BCUT2D eigenvalue weighted by Crippen LogP contribution is -2.40. The maximum absolute atomic E-state index is 12.4. The van der Waals surface area contributed by atoms with Crippen molar-refractivity contribution in [1.82, 2.24) is 4.90 Å². The van der Waals surface area contributed by atoms with Crippen molar-refractivity contribution in [2.24, 2.45) is 0 Å². The van der Waals surface area contributed by atoms with Crippen molar-refractivity contribution >= 4 is 34.1 Å². The first-order chi connectivity index (χ1) is 12.0. The predicted octanol–water partition coefficient (Wildman–Crippen LogP) is 2.02. The van der Waals surface area contributed by atoms with Crippen LogP contribution in [0.15, 0.2) is 24.3 Å². The highest BCUT2D eigenvalue weighted by molar-refractivity contribution is 7.16. The van der Waals surface area contributed by atoms with Crippen LogP contribution in [-0.2, 0) is 6.42 Å². The molecule has 0 saturated carbocycles. The van der Waals surface area contributed by atoms with Gasteiger partial charge in [0.2, 0.25) is 0 Å². The number of benzene rings is 1. The summed E-state index contributed by atoms with van der Waals surface area (Å²) < 4.78 is 5.81. The average Bonchev–Trinajstić information content (AvgIpc) is 3.04. The maximum atomic E-state index is 12.4. The minimum Gasteiger partial charge on any atom is -0.486 e. The fourth-order valence-corrected chi connectivity index (χ4v) is 4.24. The minimum atomic E-state index is -1.14. The molecule has 3 N–H and O–H groups in total. The molecule has 0 bridgehead atoms. The Morgan fingerprint density at radius 2 is 1.92 bits per heavy atom. The Bertz CT molecular complexity index is 885. The van der Waals surface area contributed by atoms with Crippen LogP contribution in [0.4, 0.5) is 5.00 Å². The number of fused-ring (bicyclic) bond motifs is 2. The van der Waals surface area contributed by atoms with E-state index < -0.39 is 12.1 Å². The van der Waals surface area contributed by atoms with Crippen LogP contribution in [0.5, 0.6) is 5.75 Å². The summed E-state index contributed by atoms with van der Waals surface area (Å²) >= 11 is 1.21. The fourth-order valence-electron chi connectivity index (χ4n) is 3.23. The largest absolute Gasteiger partial charge is 0.486 e. The molecule has 3 heterocycles. The number of carbonyl (C=O) groups excluding carboxylic acids is 2. The van der Waals surface area contributed by atoms with E-state index in [1.807, 2.05) is 0 Å². The van der Waals surface area contributed by atoms with Gasteiger partial charge in [0.05, 0.1) is 17.7 Å². The second-order valence-corrected chi connectivity index (χ2v) is 7.08. The number of hydrogen-bond acceptors (Lipinski definition) is 6. The molecule has 8 heteroatoms. The molecule has 7 nitrogen and oxygen atoms in total. The molecule has 1 atom stereocenters. The molecule has 25 heavy (non-hydrogen) atoms. The Morgan fingerprint density at radius 1 is 1.28 bits per heavy atom. The van der Waals surface area contributed by atoms with E-state index in [4.69, 9.17) is 10.5 Å². The summed E-state index contributed by atoms with van der Waals surface area (Å²) in [6.07, 6.45) is 0.729. The number of nitrogens with two attached hydrogens (primary N) is 1. The summed E-state index contributed by atoms with van der Waals surface area (Å²) in [6, 6.07) is 6.67. The number of carboxylic acids is 1. The molecule has 1 aromatic carbocycles. The number of carbonyl (C=O) groups is 3. The number of nitrogen functional groups attached to an aromatic ring is 1. The smallest absolute Gasteiger partial charge is 0.342 e. The van der Waals surface area contributed by atoms with Gasteiger partial charge in [-0.25, -0.2) is 4.79 Å². The fraction of sp³-hybridized carbons (Fsp3) is 0.235. The lowest BCUT2D eigenvalue weighted by atomic mass is 10.1. The Kier molecular flexibility index (Phi) is 3.50. The third-order valence-corrected chi connectivity index (χ3v) is 5.48. The Labute approximate surface area is 146 Å². The number of imide groups is 1. The van der Waals surface area contributed by atoms with E-state index in [0.717, 1.165) is 9.78 Å². The minimum absolute atomic E-state index is 0.0351. The molecule has 2 aliphatic heterocycles. The van der Waals surface area contributed by atoms with Crippen molar-refractivity contribution in [3.05, 3.63) is 45.8 Å². The van der Waals surface area contributed by atoms with Gasteiger partial charge in [-0.05, 0) is 25.0 Å². The third kappa shape index (κ3) is 2.37. The number of rotatable bonds is 3. The molecule has 0 fully saturated rings. The molecule has 1 aromatic heterocycles. The summed E-state index contributed by atoms with van der Waals surface area (Å²) in [7, 11) is 0. The molecule has 128 valence electrons. The number of anilines is 1. The maximum Gasteiger partial charge on any atom is 0.342 e. The second-order valence-electron chi connectivity index (χ2n) is 5.94. The van der Waals surface area contributed by atoms with Gasteiger partial charge in [0, 0.05) is 4.88 Å². The number of ether oxygens (including phenoxy) is 1. The SMILES string of the molecule is Nc1sc2c(c1C(=O)O)OC(CN1C(=O)c3ccccc3C1=O)CC2. The first kappa shape index (κ1) is 15.6. The van der Waals surface area contributed by atoms with E-state index in [1.54, 1.807) is 24.3 Å². The summed E-state index contributed by atoms with van der Waals surface area (Å²) in [6.45, 7) is 0.0839. The number of aryl methyl sites for hydroxylation is 1. The molecular formula is C17H14N2O5S. The standard InChI is InChI=1S/C17H14N2O5S/c18-14-12(17(22)23)13-11(25-14)6-5-8(24-13)7-19-15(20)9-3-1-2-4-10(9)16(19)21/h1-4,8H,5-7,18H2,(H,22,23). The monoisotopic (exact) mass is 358 g/mol. The molecule has 2 aliphatic rings. The van der Waals surface area contributed by atoms with Gasteiger partial charge < -0.3 is 15.6 Å². The Balaban J connectivity index is 1.57. The van der Waals surface area contributed by atoms with Crippen LogP contribution in [0.25, 0.3) is 0 Å². The highest BCUT2D eigenvalue weighted by Gasteiger charge is 2.38. The predicted molar refractivity (Wildman–Crippen MR) is 90.2 cm³/mol. The molecule has 0 radical (unpaired) electrons. The van der Waals surface area contributed by atoms with Gasteiger partial charge in [-0.3, -0.25) is 14.5 Å². The van der Waals surface area contributed by atoms with Gasteiger partial charge in [-0.1, -0.05) is 12.1 Å². The number of nitrogens with zero attached hydrogens (tertiary/aromatic N) is 1. The van der Waals surface area contributed by atoms with E-state index >= 15 is 0 Å². The van der Waals surface area contributed by atoms with Crippen LogP contribution >= 0.6 is 11.3 Å². The second kappa shape index (κ2) is 5.59. The molecule has 2 aromatic rings. The lowest BCUT2D eigenvalue weighted by molar-refractivity contribution is 0.0540. The zero-order chi connectivity index (χ0) is 17.7. The van der Waals surface area contributed by atoms with Crippen molar-refractivity contribution in [2.75, 3.05) is 12.3 Å². The molecule has 0 saturated heterocycles. The highest BCUT2D eigenvalue weighted by atomic mass is 32.1. The van der Waals surface area contributed by atoms with Gasteiger partial charge >= 0.3 is 5.97 Å². The van der Waals surface area contributed by atoms with E-state index in [-0.39, 0.29) is 34.7 Å². The average molecular weight is 358 g/mol. The van der Waals surface area contributed by atoms with Gasteiger partial charge in [-0.15, -0.1) is 11.3 Å².